The maximum Gasteiger partial charge on any atom is 0.329 e. The Morgan fingerprint density at radius 1 is 1.00 bits per heavy atom. The van der Waals surface area contributed by atoms with Gasteiger partial charge >= 0.3 is 5.69 Å². The average molecular weight is 392 g/mol. The summed E-state index contributed by atoms with van der Waals surface area (Å²) in [4.78, 5) is 54.6. The van der Waals surface area contributed by atoms with Crippen molar-refractivity contribution in [1.29, 1.82) is 0 Å². The van der Waals surface area contributed by atoms with E-state index >= 15 is 0 Å². The van der Waals surface area contributed by atoms with E-state index in [1.54, 1.807) is 45.9 Å². The Morgan fingerprint density at radius 2 is 1.83 bits per heavy atom. The Hall–Kier alpha value is -3.42. The summed E-state index contributed by atoms with van der Waals surface area (Å²) in [6, 6.07) is 12.0. The van der Waals surface area contributed by atoms with Crippen LogP contribution >= 0.6 is 0 Å². The first kappa shape index (κ1) is 17.7. The van der Waals surface area contributed by atoms with Gasteiger partial charge in [-0.3, -0.25) is 19.0 Å². The molecule has 2 aliphatic heterocycles. The highest BCUT2D eigenvalue weighted by molar-refractivity contribution is 5.79. The van der Waals surface area contributed by atoms with Crippen molar-refractivity contribution in [3.8, 4) is 0 Å². The molecule has 1 saturated heterocycles. The van der Waals surface area contributed by atoms with Crippen LogP contribution in [0.2, 0.25) is 0 Å². The number of H-pyrrole nitrogens is 1. The first-order chi connectivity index (χ1) is 14.0. The number of fused-ring (bicyclic) bond motifs is 5. The van der Waals surface area contributed by atoms with Gasteiger partial charge in [0.1, 0.15) is 6.54 Å². The summed E-state index contributed by atoms with van der Waals surface area (Å²) in [5, 5.41) is 0.378. The number of hydrogen-bond acceptors (Lipinski definition) is 4. The van der Waals surface area contributed by atoms with Gasteiger partial charge in [-0.25, -0.2) is 4.79 Å². The number of para-hydroxylation sites is 1. The van der Waals surface area contributed by atoms with Crippen molar-refractivity contribution in [1.82, 2.24) is 19.0 Å². The highest BCUT2D eigenvalue weighted by atomic mass is 16.2. The zero-order chi connectivity index (χ0) is 20.1. The lowest BCUT2D eigenvalue weighted by molar-refractivity contribution is -0.134. The van der Waals surface area contributed by atoms with E-state index in [-0.39, 0.29) is 29.8 Å². The summed E-state index contributed by atoms with van der Waals surface area (Å²) < 4.78 is 2.77. The molecule has 0 saturated carbocycles. The molecule has 3 aromatic rings. The van der Waals surface area contributed by atoms with E-state index in [9.17, 15) is 19.2 Å². The van der Waals surface area contributed by atoms with Crippen molar-refractivity contribution in [2.75, 3.05) is 13.1 Å². The second-order valence-corrected chi connectivity index (χ2v) is 7.86. The molecule has 5 rings (SSSR count). The summed E-state index contributed by atoms with van der Waals surface area (Å²) in [6.07, 6.45) is 0.934. The van der Waals surface area contributed by atoms with E-state index in [4.69, 9.17) is 0 Å². The molecular weight excluding hydrogens is 372 g/mol. The van der Waals surface area contributed by atoms with E-state index < -0.39 is 11.2 Å². The van der Waals surface area contributed by atoms with Crippen LogP contribution in [0.4, 0.5) is 0 Å². The van der Waals surface area contributed by atoms with E-state index in [1.165, 1.54) is 0 Å². The van der Waals surface area contributed by atoms with Crippen LogP contribution in [-0.4, -0.2) is 38.0 Å². The molecule has 1 fully saturated rings. The highest BCUT2D eigenvalue weighted by Crippen LogP contribution is 2.34. The number of pyridine rings is 1. The van der Waals surface area contributed by atoms with Crippen LogP contribution in [0.5, 0.6) is 0 Å². The Labute approximate surface area is 165 Å². The molecule has 2 aliphatic rings. The SMILES string of the molecule is O=C(Cn1c(=O)[nH]c2ccccc2c1=O)N1C[C@@H]2C[C@H](C1)c1cccc(=O)n1C2. The largest absolute Gasteiger partial charge is 0.340 e. The lowest BCUT2D eigenvalue weighted by Crippen LogP contribution is -2.51. The van der Waals surface area contributed by atoms with Gasteiger partial charge < -0.3 is 14.5 Å². The fourth-order valence-electron chi connectivity index (χ4n) is 4.68. The first-order valence-corrected chi connectivity index (χ1v) is 9.70. The third-order valence-electron chi connectivity index (χ3n) is 6.02. The Balaban J connectivity index is 1.43. The van der Waals surface area contributed by atoms with Gasteiger partial charge in [0.2, 0.25) is 5.91 Å². The topological polar surface area (TPSA) is 97.2 Å². The highest BCUT2D eigenvalue weighted by Gasteiger charge is 2.36. The maximum atomic E-state index is 13.0. The predicted molar refractivity (Wildman–Crippen MR) is 107 cm³/mol. The number of nitrogens with one attached hydrogen (secondary N) is 1. The van der Waals surface area contributed by atoms with E-state index in [0.717, 1.165) is 16.7 Å². The van der Waals surface area contributed by atoms with Crippen molar-refractivity contribution in [3.05, 3.63) is 79.4 Å². The van der Waals surface area contributed by atoms with Crippen LogP contribution in [0.15, 0.2) is 56.8 Å². The van der Waals surface area contributed by atoms with Gasteiger partial charge in [-0.05, 0) is 30.5 Å². The number of benzene rings is 1. The number of hydrogen-bond donors (Lipinski definition) is 1. The van der Waals surface area contributed by atoms with Crippen LogP contribution in [0.3, 0.4) is 0 Å². The second-order valence-electron chi connectivity index (χ2n) is 7.86. The van der Waals surface area contributed by atoms with Crippen molar-refractivity contribution in [3.63, 3.8) is 0 Å². The second kappa shape index (κ2) is 6.58. The molecule has 4 heterocycles. The Morgan fingerprint density at radius 3 is 2.69 bits per heavy atom. The first-order valence-electron chi connectivity index (χ1n) is 9.70. The van der Waals surface area contributed by atoms with Gasteiger partial charge in [0.15, 0.2) is 0 Å². The molecule has 2 aromatic heterocycles. The van der Waals surface area contributed by atoms with Crippen LogP contribution in [0.25, 0.3) is 10.9 Å². The molecule has 29 heavy (non-hydrogen) atoms. The monoisotopic (exact) mass is 392 g/mol. The van der Waals surface area contributed by atoms with Crippen LogP contribution in [-0.2, 0) is 17.9 Å². The molecule has 0 spiro atoms. The van der Waals surface area contributed by atoms with Crippen LogP contribution in [0.1, 0.15) is 18.0 Å². The standard InChI is InChI=1S/C21H20N4O4/c26-18-7-3-6-17-14-8-13(10-24(17)18)9-23(11-14)19(27)12-25-20(28)15-4-1-2-5-16(15)22-21(25)29/h1-7,13-14H,8-12H2,(H,22,29)/t13-,14+/m0/s1. The Bertz CT molecular complexity index is 1300. The zero-order valence-corrected chi connectivity index (χ0v) is 15.7. The molecule has 1 aromatic carbocycles. The summed E-state index contributed by atoms with van der Waals surface area (Å²) in [7, 11) is 0. The van der Waals surface area contributed by atoms with Crippen molar-refractivity contribution in [2.24, 2.45) is 5.92 Å². The fourth-order valence-corrected chi connectivity index (χ4v) is 4.68. The Kier molecular flexibility index (Phi) is 4.01. The van der Waals surface area contributed by atoms with Crippen molar-refractivity contribution < 1.29 is 4.79 Å². The molecule has 0 radical (unpaired) electrons. The molecule has 1 N–H and O–H groups in total. The molecular formula is C21H20N4O4. The molecule has 8 heteroatoms. The van der Waals surface area contributed by atoms with Gasteiger partial charge in [0.05, 0.1) is 10.9 Å². The molecule has 0 aliphatic carbocycles. The number of rotatable bonds is 2. The van der Waals surface area contributed by atoms with Gasteiger partial charge in [-0.1, -0.05) is 18.2 Å². The molecule has 1 amide bonds. The zero-order valence-electron chi connectivity index (χ0n) is 15.7. The summed E-state index contributed by atoms with van der Waals surface area (Å²) in [5.41, 5.74) is 0.349. The molecule has 2 bridgehead atoms. The number of piperidine rings is 1. The maximum absolute atomic E-state index is 13.0. The number of likely N-dealkylation sites (tertiary alicyclic amines) is 1. The lowest BCUT2D eigenvalue weighted by atomic mass is 9.83. The number of carbonyl (C=O) groups excluding carboxylic acids is 1. The van der Waals surface area contributed by atoms with Gasteiger partial charge in [-0.2, -0.15) is 0 Å². The molecule has 148 valence electrons. The number of aromatic amines is 1. The van der Waals surface area contributed by atoms with Crippen molar-refractivity contribution in [2.45, 2.75) is 25.4 Å². The van der Waals surface area contributed by atoms with Crippen LogP contribution in [0, 0.1) is 5.92 Å². The average Bonchev–Trinajstić information content (AvgIpc) is 2.71. The smallest absolute Gasteiger partial charge is 0.329 e. The quantitative estimate of drug-likeness (QED) is 0.687. The van der Waals surface area contributed by atoms with E-state index in [0.29, 0.717) is 30.5 Å². The number of nitrogens with zero attached hydrogens (tertiary/aromatic N) is 3. The molecule has 2 atom stereocenters. The summed E-state index contributed by atoms with van der Waals surface area (Å²) in [5.74, 6) is 0.0261. The molecule has 8 nitrogen and oxygen atoms in total. The van der Waals surface area contributed by atoms with Crippen LogP contribution < -0.4 is 16.8 Å². The number of aromatic nitrogens is 3. The number of carbonyl (C=O) groups is 1. The van der Waals surface area contributed by atoms with Gasteiger partial charge in [-0.15, -0.1) is 0 Å². The third-order valence-corrected chi connectivity index (χ3v) is 6.02. The molecule has 0 unspecified atom stereocenters. The minimum Gasteiger partial charge on any atom is -0.340 e. The van der Waals surface area contributed by atoms with Crippen molar-refractivity contribution >= 4 is 16.8 Å². The van der Waals surface area contributed by atoms with Gasteiger partial charge in [0, 0.05) is 37.3 Å². The van der Waals surface area contributed by atoms with E-state index in [1.807, 2.05) is 6.07 Å². The fraction of sp³-hybridized carbons (Fsp3) is 0.333. The normalized spacial score (nSPS) is 20.5. The third kappa shape index (κ3) is 2.91. The number of amides is 1. The minimum atomic E-state index is -0.587. The summed E-state index contributed by atoms with van der Waals surface area (Å²) in [6.45, 7) is 1.31. The predicted octanol–water partition coefficient (Wildman–Crippen LogP) is 0.497. The lowest BCUT2D eigenvalue weighted by Gasteiger charge is -2.42. The summed E-state index contributed by atoms with van der Waals surface area (Å²) >= 11 is 0. The van der Waals surface area contributed by atoms with Gasteiger partial charge in [0.25, 0.3) is 11.1 Å². The van der Waals surface area contributed by atoms with E-state index in [2.05, 4.69) is 4.98 Å². The minimum absolute atomic E-state index is 0.00812.